The van der Waals surface area contributed by atoms with Gasteiger partial charge in [0.25, 0.3) is 0 Å². The number of rotatable bonds is 5. The number of H-pyrrole nitrogens is 1. The molecule has 0 aliphatic carbocycles. The van der Waals surface area contributed by atoms with Crippen LogP contribution in [0.15, 0.2) is 53.6 Å². The van der Waals surface area contributed by atoms with Crippen molar-refractivity contribution in [2.75, 3.05) is 0 Å². The molecule has 0 aliphatic heterocycles. The van der Waals surface area contributed by atoms with Crippen molar-refractivity contribution < 1.29 is 4.74 Å². The van der Waals surface area contributed by atoms with Gasteiger partial charge in [-0.1, -0.05) is 41.9 Å². The summed E-state index contributed by atoms with van der Waals surface area (Å²) in [5, 5.41) is 11.7. The zero-order chi connectivity index (χ0) is 16.9. The van der Waals surface area contributed by atoms with E-state index in [1.165, 1.54) is 0 Å². The van der Waals surface area contributed by atoms with E-state index in [0.29, 0.717) is 22.2 Å². The van der Waals surface area contributed by atoms with Crippen molar-refractivity contribution in [2.45, 2.75) is 13.5 Å². The number of ether oxygens (including phenoxy) is 1. The predicted molar refractivity (Wildman–Crippen MR) is 97.4 cm³/mol. The quantitative estimate of drug-likeness (QED) is 0.544. The minimum atomic E-state index is 0.409. The molecule has 0 saturated heterocycles. The van der Waals surface area contributed by atoms with E-state index in [1.54, 1.807) is 10.9 Å². The number of nitrogens with zero attached hydrogens (tertiary/aromatic N) is 3. The molecule has 1 aromatic heterocycles. The lowest BCUT2D eigenvalue weighted by molar-refractivity contribution is 0.306. The highest BCUT2D eigenvalue weighted by Gasteiger charge is 2.02. The van der Waals surface area contributed by atoms with Gasteiger partial charge in [-0.2, -0.15) is 14.9 Å². The van der Waals surface area contributed by atoms with Gasteiger partial charge < -0.3 is 4.74 Å². The second-order valence-corrected chi connectivity index (χ2v) is 5.88. The third-order valence-electron chi connectivity index (χ3n) is 3.34. The monoisotopic (exact) mass is 358 g/mol. The molecule has 0 fully saturated rings. The Morgan fingerprint density at radius 2 is 2.12 bits per heavy atom. The van der Waals surface area contributed by atoms with E-state index in [0.717, 1.165) is 16.9 Å². The first-order valence-electron chi connectivity index (χ1n) is 7.28. The minimum absolute atomic E-state index is 0.409. The fourth-order valence-electron chi connectivity index (χ4n) is 2.09. The molecule has 0 amide bonds. The average molecular weight is 359 g/mol. The molecular weight excluding hydrogens is 344 g/mol. The first-order chi connectivity index (χ1) is 11.6. The van der Waals surface area contributed by atoms with Crippen molar-refractivity contribution in [3.05, 3.63) is 75.3 Å². The lowest BCUT2D eigenvalue weighted by Crippen LogP contribution is -1.97. The van der Waals surface area contributed by atoms with Gasteiger partial charge in [0.05, 0.1) is 6.21 Å². The standard InChI is InChI=1S/C17H15ClN4OS/c1-12-20-21-17(24)22(12)19-10-13-5-4-7-15(9-13)23-11-14-6-2-3-8-16(14)18/h2-10H,11H2,1H3,(H,21,24)/b19-10-. The zero-order valence-electron chi connectivity index (χ0n) is 12.9. The third-order valence-corrected chi connectivity index (χ3v) is 3.98. The normalized spacial score (nSPS) is 11.1. The Balaban J connectivity index is 1.73. The van der Waals surface area contributed by atoms with Crippen LogP contribution >= 0.6 is 23.8 Å². The highest BCUT2D eigenvalue weighted by Crippen LogP contribution is 2.19. The fraction of sp³-hybridized carbons (Fsp3) is 0.118. The maximum Gasteiger partial charge on any atom is 0.216 e. The number of aromatic amines is 1. The SMILES string of the molecule is Cc1n[nH]c(=S)n1/N=C\c1cccc(OCc2ccccc2Cl)c1. The summed E-state index contributed by atoms with van der Waals surface area (Å²) in [6, 6.07) is 15.3. The molecule has 0 bridgehead atoms. The number of hydrogen-bond donors (Lipinski definition) is 1. The van der Waals surface area contributed by atoms with E-state index in [2.05, 4.69) is 15.3 Å². The smallest absolute Gasteiger partial charge is 0.216 e. The number of hydrogen-bond acceptors (Lipinski definition) is 4. The highest BCUT2D eigenvalue weighted by atomic mass is 35.5. The summed E-state index contributed by atoms with van der Waals surface area (Å²) in [6.07, 6.45) is 1.71. The van der Waals surface area contributed by atoms with Gasteiger partial charge in [-0.25, -0.2) is 0 Å². The molecule has 0 atom stereocenters. The van der Waals surface area contributed by atoms with E-state index >= 15 is 0 Å². The molecule has 5 nitrogen and oxygen atoms in total. The summed E-state index contributed by atoms with van der Waals surface area (Å²) < 4.78 is 7.82. The third kappa shape index (κ3) is 3.90. The summed E-state index contributed by atoms with van der Waals surface area (Å²) >= 11 is 11.3. The number of halogens is 1. The van der Waals surface area contributed by atoms with Crippen molar-refractivity contribution in [1.82, 2.24) is 14.9 Å². The van der Waals surface area contributed by atoms with Crippen LogP contribution in [0, 0.1) is 11.7 Å². The zero-order valence-corrected chi connectivity index (χ0v) is 14.5. The van der Waals surface area contributed by atoms with Gasteiger partial charge in [0, 0.05) is 10.6 Å². The maximum absolute atomic E-state index is 6.14. The van der Waals surface area contributed by atoms with Gasteiger partial charge in [-0.3, -0.25) is 5.10 Å². The highest BCUT2D eigenvalue weighted by molar-refractivity contribution is 7.71. The second kappa shape index (κ2) is 7.42. The largest absolute Gasteiger partial charge is 0.489 e. The van der Waals surface area contributed by atoms with Gasteiger partial charge in [-0.05, 0) is 42.9 Å². The molecule has 24 heavy (non-hydrogen) atoms. The van der Waals surface area contributed by atoms with Gasteiger partial charge in [0.2, 0.25) is 4.77 Å². The van der Waals surface area contributed by atoms with Crippen LogP contribution in [0.25, 0.3) is 0 Å². The first-order valence-corrected chi connectivity index (χ1v) is 8.07. The van der Waals surface area contributed by atoms with E-state index in [9.17, 15) is 0 Å². The predicted octanol–water partition coefficient (Wildman–Crippen LogP) is 4.36. The molecular formula is C17H15ClN4OS. The topological polar surface area (TPSA) is 55.2 Å². The Bertz CT molecular complexity index is 932. The Morgan fingerprint density at radius 3 is 2.88 bits per heavy atom. The molecule has 2 aromatic carbocycles. The van der Waals surface area contributed by atoms with Crippen molar-refractivity contribution in [3.8, 4) is 5.75 Å². The molecule has 3 rings (SSSR count). The van der Waals surface area contributed by atoms with Gasteiger partial charge >= 0.3 is 0 Å². The molecule has 0 radical (unpaired) electrons. The molecule has 0 spiro atoms. The van der Waals surface area contributed by atoms with Crippen LogP contribution in [-0.2, 0) is 6.61 Å². The van der Waals surface area contributed by atoms with E-state index in [-0.39, 0.29) is 0 Å². The summed E-state index contributed by atoms with van der Waals surface area (Å²) in [6.45, 7) is 2.24. The molecule has 0 saturated carbocycles. The second-order valence-electron chi connectivity index (χ2n) is 5.08. The van der Waals surface area contributed by atoms with Crippen molar-refractivity contribution in [2.24, 2.45) is 5.10 Å². The lowest BCUT2D eigenvalue weighted by Gasteiger charge is -2.08. The van der Waals surface area contributed by atoms with Crippen molar-refractivity contribution in [1.29, 1.82) is 0 Å². The van der Waals surface area contributed by atoms with Crippen LogP contribution in [-0.4, -0.2) is 21.1 Å². The Morgan fingerprint density at radius 1 is 1.29 bits per heavy atom. The minimum Gasteiger partial charge on any atom is -0.489 e. The summed E-state index contributed by atoms with van der Waals surface area (Å²) in [7, 11) is 0. The molecule has 0 aliphatic rings. The lowest BCUT2D eigenvalue weighted by atomic mass is 10.2. The Hall–Kier alpha value is -2.44. The average Bonchev–Trinajstić information content (AvgIpc) is 2.91. The fourth-order valence-corrected chi connectivity index (χ4v) is 2.51. The summed E-state index contributed by atoms with van der Waals surface area (Å²) in [4.78, 5) is 0. The van der Waals surface area contributed by atoms with Crippen LogP contribution in [0.2, 0.25) is 5.02 Å². The molecule has 1 N–H and O–H groups in total. The van der Waals surface area contributed by atoms with E-state index in [1.807, 2.05) is 55.5 Å². The van der Waals surface area contributed by atoms with Crippen LogP contribution in [0.5, 0.6) is 5.75 Å². The van der Waals surface area contributed by atoms with Crippen molar-refractivity contribution in [3.63, 3.8) is 0 Å². The summed E-state index contributed by atoms with van der Waals surface area (Å²) in [5.41, 5.74) is 1.84. The van der Waals surface area contributed by atoms with Crippen LogP contribution in [0.4, 0.5) is 0 Å². The van der Waals surface area contributed by atoms with E-state index < -0.39 is 0 Å². The molecule has 1 heterocycles. The van der Waals surface area contributed by atoms with Gasteiger partial charge in [0.15, 0.2) is 0 Å². The van der Waals surface area contributed by atoms with Gasteiger partial charge in [-0.15, -0.1) is 0 Å². The number of aromatic nitrogens is 3. The van der Waals surface area contributed by atoms with E-state index in [4.69, 9.17) is 28.6 Å². The number of benzene rings is 2. The molecule has 0 unspecified atom stereocenters. The van der Waals surface area contributed by atoms with Crippen molar-refractivity contribution >= 4 is 30.0 Å². The number of aryl methyl sites for hydroxylation is 1. The molecule has 7 heteroatoms. The maximum atomic E-state index is 6.14. The van der Waals surface area contributed by atoms with Crippen LogP contribution in [0.1, 0.15) is 17.0 Å². The van der Waals surface area contributed by atoms with Gasteiger partial charge in [0.1, 0.15) is 18.2 Å². The number of nitrogens with one attached hydrogen (secondary N) is 1. The Kier molecular flexibility index (Phi) is 5.08. The van der Waals surface area contributed by atoms with Crippen LogP contribution < -0.4 is 4.74 Å². The molecule has 122 valence electrons. The summed E-state index contributed by atoms with van der Waals surface area (Å²) in [5.74, 6) is 1.44. The van der Waals surface area contributed by atoms with Crippen LogP contribution in [0.3, 0.4) is 0 Å². The molecule has 3 aromatic rings. The Labute approximate surface area is 149 Å². The first kappa shape index (κ1) is 16.4.